The summed E-state index contributed by atoms with van der Waals surface area (Å²) in [6.07, 6.45) is 3.52. The lowest BCUT2D eigenvalue weighted by Crippen LogP contribution is -2.31. The summed E-state index contributed by atoms with van der Waals surface area (Å²) in [5, 5.41) is 9.17. The van der Waals surface area contributed by atoms with Crippen molar-refractivity contribution in [1.82, 2.24) is 4.90 Å². The molecular formula is C15H19NO4. The predicted molar refractivity (Wildman–Crippen MR) is 73.3 cm³/mol. The molecule has 20 heavy (non-hydrogen) atoms. The lowest BCUT2D eigenvalue weighted by Gasteiger charge is -2.10. The van der Waals surface area contributed by atoms with Crippen molar-refractivity contribution in [2.24, 2.45) is 0 Å². The molecule has 2 rings (SSSR count). The van der Waals surface area contributed by atoms with E-state index in [4.69, 9.17) is 4.74 Å². The van der Waals surface area contributed by atoms with E-state index in [1.165, 1.54) is 10.5 Å². The van der Waals surface area contributed by atoms with E-state index in [1.54, 1.807) is 12.1 Å². The fourth-order valence-corrected chi connectivity index (χ4v) is 2.20. The van der Waals surface area contributed by atoms with Crippen molar-refractivity contribution in [1.29, 1.82) is 0 Å². The molecule has 5 heteroatoms. The molecule has 0 aliphatic carbocycles. The molecule has 5 nitrogen and oxygen atoms in total. The van der Waals surface area contributed by atoms with Crippen molar-refractivity contribution in [3.8, 4) is 5.75 Å². The number of amides is 2. The molecular weight excluding hydrogens is 258 g/mol. The summed E-state index contributed by atoms with van der Waals surface area (Å²) in [5.41, 5.74) is 1.18. The van der Waals surface area contributed by atoms with E-state index in [1.807, 2.05) is 12.1 Å². The van der Waals surface area contributed by atoms with Crippen LogP contribution in [0.1, 0.15) is 31.2 Å². The highest BCUT2D eigenvalue weighted by molar-refractivity contribution is 5.92. The number of hydrogen-bond donors (Lipinski definition) is 1. The fraction of sp³-hybridized carbons (Fsp3) is 0.467. The number of benzene rings is 1. The third kappa shape index (κ3) is 3.98. The minimum Gasteiger partial charge on any atom is -0.508 e. The van der Waals surface area contributed by atoms with E-state index in [0.29, 0.717) is 19.6 Å². The number of carbonyl (C=O) groups is 2. The van der Waals surface area contributed by atoms with Crippen LogP contribution in [0.2, 0.25) is 0 Å². The lowest BCUT2D eigenvalue weighted by molar-refractivity contribution is -0.127. The molecule has 0 radical (unpaired) electrons. The Bertz CT molecular complexity index is 469. The number of unbranched alkanes of at least 4 members (excludes halogenated alkanes) is 2. The maximum atomic E-state index is 11.7. The number of imide groups is 1. The van der Waals surface area contributed by atoms with E-state index in [-0.39, 0.29) is 11.7 Å². The van der Waals surface area contributed by atoms with E-state index in [9.17, 15) is 14.7 Å². The van der Waals surface area contributed by atoms with Gasteiger partial charge >= 0.3 is 6.09 Å². The van der Waals surface area contributed by atoms with E-state index >= 15 is 0 Å². The first kappa shape index (κ1) is 14.4. The van der Waals surface area contributed by atoms with Gasteiger partial charge in [0.2, 0.25) is 5.91 Å². The van der Waals surface area contributed by atoms with Crippen molar-refractivity contribution in [3.05, 3.63) is 29.8 Å². The molecule has 0 unspecified atom stereocenters. The number of cyclic esters (lactones) is 1. The van der Waals surface area contributed by atoms with Crippen LogP contribution in [0.5, 0.6) is 5.75 Å². The zero-order valence-electron chi connectivity index (χ0n) is 11.4. The SMILES string of the molecule is O=C(CCCCCc1ccc(O)cc1)N1CCOC1=O. The Morgan fingerprint density at radius 3 is 2.60 bits per heavy atom. The summed E-state index contributed by atoms with van der Waals surface area (Å²) in [4.78, 5) is 24.1. The van der Waals surface area contributed by atoms with Gasteiger partial charge in [-0.3, -0.25) is 4.79 Å². The Labute approximate surface area is 118 Å². The predicted octanol–water partition coefficient (Wildman–Crippen LogP) is 2.47. The molecule has 108 valence electrons. The number of phenolic OH excluding ortho intramolecular Hbond substituents is 1. The molecule has 0 atom stereocenters. The Kier molecular flexibility index (Phi) is 4.98. The highest BCUT2D eigenvalue weighted by Gasteiger charge is 2.27. The first-order valence-corrected chi connectivity index (χ1v) is 6.92. The van der Waals surface area contributed by atoms with Crippen LogP contribution in [-0.4, -0.2) is 35.2 Å². The van der Waals surface area contributed by atoms with E-state index in [2.05, 4.69) is 0 Å². The van der Waals surface area contributed by atoms with Gasteiger partial charge in [-0.1, -0.05) is 18.6 Å². The van der Waals surface area contributed by atoms with Gasteiger partial charge in [-0.25, -0.2) is 9.69 Å². The first-order valence-electron chi connectivity index (χ1n) is 6.92. The lowest BCUT2D eigenvalue weighted by atomic mass is 10.1. The topological polar surface area (TPSA) is 66.8 Å². The second-order valence-corrected chi connectivity index (χ2v) is 4.89. The fourth-order valence-electron chi connectivity index (χ4n) is 2.20. The molecule has 0 aromatic heterocycles. The number of carbonyl (C=O) groups excluding carboxylic acids is 2. The van der Waals surface area contributed by atoms with Crippen LogP contribution in [-0.2, 0) is 16.0 Å². The highest BCUT2D eigenvalue weighted by Crippen LogP contribution is 2.14. The van der Waals surface area contributed by atoms with E-state index < -0.39 is 6.09 Å². The van der Waals surface area contributed by atoms with Crippen LogP contribution >= 0.6 is 0 Å². The number of aryl methyl sites for hydroxylation is 1. The van der Waals surface area contributed by atoms with Crippen molar-refractivity contribution in [2.45, 2.75) is 32.1 Å². The zero-order chi connectivity index (χ0) is 14.4. The van der Waals surface area contributed by atoms with Crippen molar-refractivity contribution >= 4 is 12.0 Å². The Hall–Kier alpha value is -2.04. The molecule has 1 aliphatic heterocycles. The third-order valence-corrected chi connectivity index (χ3v) is 3.35. The quantitative estimate of drug-likeness (QED) is 0.811. The Balaban J connectivity index is 1.60. The van der Waals surface area contributed by atoms with Crippen molar-refractivity contribution in [3.63, 3.8) is 0 Å². The van der Waals surface area contributed by atoms with Gasteiger partial charge in [-0.05, 0) is 37.0 Å². The van der Waals surface area contributed by atoms with Gasteiger partial charge in [0.1, 0.15) is 12.4 Å². The van der Waals surface area contributed by atoms with Crippen LogP contribution in [0.25, 0.3) is 0 Å². The molecule has 1 aliphatic rings. The van der Waals surface area contributed by atoms with Gasteiger partial charge in [-0.2, -0.15) is 0 Å². The van der Waals surface area contributed by atoms with Crippen LogP contribution in [0, 0.1) is 0 Å². The summed E-state index contributed by atoms with van der Waals surface area (Å²) in [7, 11) is 0. The smallest absolute Gasteiger partial charge is 0.416 e. The molecule has 0 bridgehead atoms. The summed E-state index contributed by atoms with van der Waals surface area (Å²) < 4.78 is 4.73. The third-order valence-electron chi connectivity index (χ3n) is 3.35. The van der Waals surface area contributed by atoms with Crippen LogP contribution in [0.4, 0.5) is 4.79 Å². The zero-order valence-corrected chi connectivity index (χ0v) is 11.4. The number of aromatic hydroxyl groups is 1. The highest BCUT2D eigenvalue weighted by atomic mass is 16.6. The van der Waals surface area contributed by atoms with Gasteiger partial charge < -0.3 is 9.84 Å². The Morgan fingerprint density at radius 1 is 1.20 bits per heavy atom. The van der Waals surface area contributed by atoms with E-state index in [0.717, 1.165) is 25.7 Å². The van der Waals surface area contributed by atoms with Gasteiger partial charge in [0, 0.05) is 6.42 Å². The molecule has 1 fully saturated rings. The maximum absolute atomic E-state index is 11.7. The number of rotatable bonds is 6. The monoisotopic (exact) mass is 277 g/mol. The molecule has 0 saturated carbocycles. The minimum absolute atomic E-state index is 0.142. The van der Waals surface area contributed by atoms with Crippen LogP contribution in [0.3, 0.4) is 0 Å². The summed E-state index contributed by atoms with van der Waals surface area (Å²) in [6.45, 7) is 0.691. The summed E-state index contributed by atoms with van der Waals surface area (Å²) in [5.74, 6) is 0.133. The first-order chi connectivity index (χ1) is 9.66. The average molecular weight is 277 g/mol. The minimum atomic E-state index is -0.515. The normalized spacial score (nSPS) is 14.4. The molecule has 1 saturated heterocycles. The van der Waals surface area contributed by atoms with Crippen molar-refractivity contribution < 1.29 is 19.4 Å². The average Bonchev–Trinajstić information content (AvgIpc) is 2.86. The van der Waals surface area contributed by atoms with Gasteiger partial charge in [0.25, 0.3) is 0 Å². The van der Waals surface area contributed by atoms with Gasteiger partial charge in [-0.15, -0.1) is 0 Å². The second-order valence-electron chi connectivity index (χ2n) is 4.89. The largest absolute Gasteiger partial charge is 0.508 e. The summed E-state index contributed by atoms with van der Waals surface area (Å²) >= 11 is 0. The molecule has 0 spiro atoms. The summed E-state index contributed by atoms with van der Waals surface area (Å²) in [6, 6.07) is 7.16. The molecule has 1 heterocycles. The molecule has 1 N–H and O–H groups in total. The number of ether oxygens (including phenoxy) is 1. The molecule has 2 amide bonds. The van der Waals surface area contributed by atoms with Gasteiger partial charge in [0.05, 0.1) is 6.54 Å². The maximum Gasteiger partial charge on any atom is 0.416 e. The second kappa shape index (κ2) is 6.93. The van der Waals surface area contributed by atoms with Crippen LogP contribution in [0.15, 0.2) is 24.3 Å². The van der Waals surface area contributed by atoms with Crippen LogP contribution < -0.4 is 0 Å². The van der Waals surface area contributed by atoms with Crippen molar-refractivity contribution in [2.75, 3.05) is 13.2 Å². The standard InChI is InChI=1S/C15H19NO4/c17-13-8-6-12(7-9-13)4-2-1-3-5-14(18)16-10-11-20-15(16)19/h6-9,17H,1-5,10-11H2. The molecule has 1 aromatic rings. The molecule has 1 aromatic carbocycles. The Morgan fingerprint density at radius 2 is 1.95 bits per heavy atom. The van der Waals surface area contributed by atoms with Gasteiger partial charge in [0.15, 0.2) is 0 Å². The number of nitrogens with zero attached hydrogens (tertiary/aromatic N) is 1. The number of phenols is 1. The number of hydrogen-bond acceptors (Lipinski definition) is 4.